The lowest BCUT2D eigenvalue weighted by atomic mass is 10.1. The summed E-state index contributed by atoms with van der Waals surface area (Å²) >= 11 is 28.8. The highest BCUT2D eigenvalue weighted by molar-refractivity contribution is 14.1. The number of piperazine rings is 2. The van der Waals surface area contributed by atoms with E-state index in [1.54, 1.807) is 49.2 Å². The molecule has 4 saturated heterocycles. The highest BCUT2D eigenvalue weighted by Crippen LogP contribution is 2.48. The second kappa shape index (κ2) is 31.0. The number of carbonyl (C=O) groups excluding carboxylic acids is 2. The number of likely N-dealkylation sites (N-methyl/N-ethyl adjacent to an activating group) is 2. The smallest absolute Gasteiger partial charge is 0.256 e. The van der Waals surface area contributed by atoms with Gasteiger partial charge in [0.15, 0.2) is 29.6 Å². The van der Waals surface area contributed by atoms with Gasteiger partial charge in [-0.3, -0.25) is 14.0 Å². The number of nitrogens with zero attached hydrogens (tertiary/aromatic N) is 10. The predicted molar refractivity (Wildman–Crippen MR) is 358 cm³/mol. The van der Waals surface area contributed by atoms with Gasteiger partial charge in [-0.25, -0.2) is 19.3 Å². The Labute approximate surface area is 552 Å². The van der Waals surface area contributed by atoms with Crippen LogP contribution in [0.3, 0.4) is 0 Å². The van der Waals surface area contributed by atoms with Crippen molar-refractivity contribution in [3.63, 3.8) is 0 Å². The van der Waals surface area contributed by atoms with Crippen LogP contribution in [0.5, 0.6) is 23.0 Å². The third kappa shape index (κ3) is 15.3. The van der Waals surface area contributed by atoms with Crippen molar-refractivity contribution in [1.82, 2.24) is 39.3 Å². The molecule has 474 valence electrons. The number of methoxy groups -OCH3 is 4. The van der Waals surface area contributed by atoms with Crippen LogP contribution < -0.4 is 39.8 Å². The fourth-order valence-electron chi connectivity index (χ4n) is 10.8. The van der Waals surface area contributed by atoms with Gasteiger partial charge in [-0.2, -0.15) is 5.10 Å². The lowest BCUT2D eigenvalue weighted by Crippen LogP contribution is -2.44. The maximum absolute atomic E-state index is 13.4. The van der Waals surface area contributed by atoms with Gasteiger partial charge in [-0.05, 0) is 148 Å². The number of amides is 2. The van der Waals surface area contributed by atoms with Gasteiger partial charge in [0.2, 0.25) is 5.91 Å². The summed E-state index contributed by atoms with van der Waals surface area (Å²) in [5, 5.41) is 15.5. The minimum atomic E-state index is -1.00. The zero-order valence-corrected chi connectivity index (χ0v) is 55.5. The molecule has 2 unspecified atom stereocenters. The zero-order chi connectivity index (χ0) is 64.2. The van der Waals surface area contributed by atoms with E-state index in [0.29, 0.717) is 100 Å². The molecule has 0 radical (unpaired) electrons. The number of nitrogens with two attached hydrogens (primary N) is 1. The van der Waals surface area contributed by atoms with E-state index in [4.69, 9.17) is 97.0 Å². The number of nitrogens with one attached hydrogen (secondary N) is 1. The first kappa shape index (κ1) is 65.5. The Morgan fingerprint density at radius 2 is 0.989 bits per heavy atom. The number of rotatable bonds is 13. The molecule has 4 aliphatic heterocycles. The summed E-state index contributed by atoms with van der Waals surface area (Å²) in [7, 11) is 9.42. The molecule has 8 aromatic rings. The summed E-state index contributed by atoms with van der Waals surface area (Å²) in [5.74, 6) is 1.54. The topological polar surface area (TPSA) is 202 Å². The molecular formula is C63H72Cl4FIN12O8. The van der Waals surface area contributed by atoms with Gasteiger partial charge in [0, 0.05) is 111 Å². The van der Waals surface area contributed by atoms with E-state index >= 15 is 0 Å². The molecule has 3 N–H and O–H groups in total. The summed E-state index contributed by atoms with van der Waals surface area (Å²) in [4.78, 5) is 43.4. The molecule has 89 heavy (non-hydrogen) atoms. The Morgan fingerprint density at radius 1 is 0.596 bits per heavy atom. The molecule has 4 fully saturated rings. The van der Waals surface area contributed by atoms with E-state index in [0.717, 1.165) is 124 Å². The Bertz CT molecular complexity index is 3710. The number of hydrogen-bond donors (Lipinski definition) is 2. The van der Waals surface area contributed by atoms with Crippen molar-refractivity contribution in [3.05, 3.63) is 120 Å². The number of fused-ring (bicyclic) bond motifs is 2. The maximum Gasteiger partial charge on any atom is 0.256 e. The van der Waals surface area contributed by atoms with E-state index in [2.05, 4.69) is 66.7 Å². The molecule has 26 heteroatoms. The number of anilines is 3. The van der Waals surface area contributed by atoms with E-state index in [1.807, 2.05) is 59.3 Å². The monoisotopic (exact) mass is 1410 g/mol. The third-order valence-electron chi connectivity index (χ3n) is 15.8. The quantitative estimate of drug-likeness (QED) is 0.103. The molecule has 8 heterocycles. The molecule has 2 amide bonds. The van der Waals surface area contributed by atoms with Crippen LogP contribution >= 0.6 is 69.0 Å². The first-order valence-electron chi connectivity index (χ1n) is 29.6. The molecule has 0 saturated carbocycles. The largest absolute Gasteiger partial charge is 0.495 e. The molecule has 20 nitrogen and oxygen atoms in total. The van der Waals surface area contributed by atoms with Crippen molar-refractivity contribution in [2.75, 3.05) is 130 Å². The van der Waals surface area contributed by atoms with E-state index < -0.39 is 7.15 Å². The molecule has 2 atom stereocenters. The van der Waals surface area contributed by atoms with E-state index in [1.165, 1.54) is 14.2 Å². The van der Waals surface area contributed by atoms with Crippen molar-refractivity contribution in [3.8, 4) is 45.5 Å². The van der Waals surface area contributed by atoms with Crippen molar-refractivity contribution >= 4 is 120 Å². The molecule has 0 aliphatic carbocycles. The van der Waals surface area contributed by atoms with E-state index in [-0.39, 0.29) is 24.3 Å². The molecule has 4 aromatic heterocycles. The van der Waals surface area contributed by atoms with Crippen molar-refractivity contribution < 1.29 is 43.8 Å². The summed E-state index contributed by atoms with van der Waals surface area (Å²) in [5.41, 5.74) is 12.0. The first-order chi connectivity index (χ1) is 43.5. The summed E-state index contributed by atoms with van der Waals surface area (Å²) in [6.45, 7) is 9.54. The molecule has 4 aliphatic rings. The number of benzene rings is 4. The van der Waals surface area contributed by atoms with Gasteiger partial charge in [0.25, 0.3) is 5.91 Å². The lowest BCUT2D eigenvalue weighted by molar-refractivity contribution is -0.0372. The van der Waals surface area contributed by atoms with Gasteiger partial charge in [0.1, 0.15) is 26.7 Å². The number of primary amides is 1. The van der Waals surface area contributed by atoms with E-state index in [9.17, 15) is 14.0 Å². The van der Waals surface area contributed by atoms with Crippen LogP contribution in [0.2, 0.25) is 20.1 Å². The fraction of sp³-hybridized carbons (Fsp3) is 0.397. The number of aromatic nitrogens is 6. The Morgan fingerprint density at radius 3 is 1.38 bits per heavy atom. The van der Waals surface area contributed by atoms with Crippen LogP contribution in [0.15, 0.2) is 84.9 Å². The average molecular weight is 1410 g/mol. The number of alkyl halides is 1. The SMILES string of the molecule is CN1CCN(c2ccc(C(N)=O)cc2)CC1.COc1cc(OC)c(Cl)c(-c2ccc3c(I)nn(C4CCCCO4)c3n2)c1Cl.COc1cc(OC)c(Cl)c(-c2ccc3c(NC(=O)c4ccc(N5CCN(C)CC5)cc4)nn(C4CCCCO4)c3n2)c1Cl.[2H]CF. The van der Waals surface area contributed by atoms with Crippen LogP contribution in [0, 0.1) is 3.70 Å². The minimum absolute atomic E-state index is 0.117. The van der Waals surface area contributed by atoms with Crippen LogP contribution in [0.4, 0.5) is 21.6 Å². The summed E-state index contributed by atoms with van der Waals surface area (Å²) < 4.78 is 53.6. The highest BCUT2D eigenvalue weighted by Gasteiger charge is 2.28. The van der Waals surface area contributed by atoms with Crippen molar-refractivity contribution in [2.45, 2.75) is 51.0 Å². The minimum Gasteiger partial charge on any atom is -0.495 e. The second-order valence-electron chi connectivity index (χ2n) is 21.4. The highest BCUT2D eigenvalue weighted by atomic mass is 127. The lowest BCUT2D eigenvalue weighted by Gasteiger charge is -2.34. The van der Waals surface area contributed by atoms with Crippen LogP contribution in [0.25, 0.3) is 44.6 Å². The second-order valence-corrected chi connectivity index (χ2v) is 23.9. The third-order valence-corrected chi connectivity index (χ3v) is 18.1. The molecule has 12 rings (SSSR count). The van der Waals surface area contributed by atoms with Gasteiger partial charge in [-0.15, -0.1) is 5.10 Å². The van der Waals surface area contributed by atoms with Gasteiger partial charge >= 0.3 is 0 Å². The summed E-state index contributed by atoms with van der Waals surface area (Å²) in [6.07, 6.45) is 5.40. The number of pyridine rings is 2. The van der Waals surface area contributed by atoms with Crippen LogP contribution in [0.1, 0.15) is 73.1 Å². The summed E-state index contributed by atoms with van der Waals surface area (Å²) in [6, 6.07) is 26.0. The fourth-order valence-corrected chi connectivity index (χ4v) is 12.8. The number of hydrogen-bond acceptors (Lipinski definition) is 16. The predicted octanol–water partition coefficient (Wildman–Crippen LogP) is 13.0. The zero-order valence-electron chi connectivity index (χ0n) is 51.3. The molecular weight excluding hydrogens is 1340 g/mol. The normalized spacial score (nSPS) is 17.3. The Hall–Kier alpha value is -6.48. The first-order valence-corrected chi connectivity index (χ1v) is 31.5. The van der Waals surface area contributed by atoms with Crippen molar-refractivity contribution in [2.24, 2.45) is 5.73 Å². The molecule has 4 aromatic carbocycles. The van der Waals surface area contributed by atoms with Gasteiger partial charge in [0.05, 0.1) is 79.2 Å². The number of carbonyl (C=O) groups is 2. The molecule has 0 spiro atoms. The Balaban J connectivity index is 0.000000174. The van der Waals surface area contributed by atoms with Crippen molar-refractivity contribution in [1.29, 1.82) is 0 Å². The average Bonchev–Trinajstić information content (AvgIpc) is 1.51. The number of ether oxygens (including phenoxy) is 6. The van der Waals surface area contributed by atoms with Crippen LogP contribution in [-0.4, -0.2) is 166 Å². The maximum atomic E-state index is 13.4. The van der Waals surface area contributed by atoms with Gasteiger partial charge < -0.3 is 59.1 Å². The standard InChI is InChI=1S/C31H34Cl2N6O4.C19H18Cl2IN3O3.C12H17N3O.CH3F/c1-37-13-15-38(16-14-37)20-9-7-19(8-10-20)31(40)35-29-21-11-12-22(26-27(32)23(41-2)18-24(42-3)28(26)33)34-30(21)39(36-29)25-6-4-5-17-43-25;1-26-12-9-13(27-2)17(21)15(16(12)20)11-7-6-10-18(22)24-25(19(10)23-11)14-5-3-4-8-28-14;1-14-6-8-15(9-7-14)11-4-2-10(3-5-11)12(13)16;1-2/h7-12,18,25H,4-6,13-17H2,1-3H3,(H,35,36,40);6-7,9,14H,3-5,8H2,1-2H3;2-5H,6-9H2,1H3,(H2,13,16);1H3/i;;;1D. The van der Waals surface area contributed by atoms with Gasteiger partial charge in [-0.1, -0.05) is 46.4 Å². The van der Waals surface area contributed by atoms with Crippen LogP contribution in [-0.2, 0) is 9.47 Å². The molecule has 0 bridgehead atoms. The number of halogens is 6. The Kier molecular flexibility index (Phi) is 22.8.